The summed E-state index contributed by atoms with van der Waals surface area (Å²) in [6, 6.07) is 6.08. The molecule has 1 N–H and O–H groups in total. The van der Waals surface area contributed by atoms with Crippen LogP contribution < -0.4 is 5.32 Å². The minimum Gasteiger partial charge on any atom is -0.450 e. The van der Waals surface area contributed by atoms with Gasteiger partial charge in [-0.3, -0.25) is 14.9 Å². The lowest BCUT2D eigenvalue weighted by molar-refractivity contribution is -0.385. The van der Waals surface area contributed by atoms with Crippen LogP contribution in [0.1, 0.15) is 25.3 Å². The van der Waals surface area contributed by atoms with Crippen molar-refractivity contribution in [3.63, 3.8) is 0 Å². The number of likely N-dealkylation sites (tertiary alicyclic amines) is 1. The monoisotopic (exact) mass is 335 g/mol. The first-order chi connectivity index (χ1) is 11.5. The standard InChI is InChI=1S/C16H21N3O5/c1-2-24-16(21)17-13-7-5-9-18(11-13)15(20)10-12-6-3-4-8-14(12)19(22)23/h3-4,6,8,13H,2,5,7,9-11H2,1H3,(H,17,21). The van der Waals surface area contributed by atoms with Gasteiger partial charge in [-0.1, -0.05) is 18.2 Å². The van der Waals surface area contributed by atoms with Gasteiger partial charge in [0.15, 0.2) is 0 Å². The number of nitro benzene ring substituents is 1. The predicted octanol–water partition coefficient (Wildman–Crippen LogP) is 1.87. The zero-order chi connectivity index (χ0) is 17.5. The molecule has 1 aromatic rings. The molecule has 1 aliphatic heterocycles. The van der Waals surface area contributed by atoms with E-state index in [4.69, 9.17) is 4.74 Å². The summed E-state index contributed by atoms with van der Waals surface area (Å²) in [4.78, 5) is 36.1. The predicted molar refractivity (Wildman–Crippen MR) is 86.6 cm³/mol. The maximum absolute atomic E-state index is 12.5. The minimum absolute atomic E-state index is 0.0245. The summed E-state index contributed by atoms with van der Waals surface area (Å²) in [5.41, 5.74) is 0.344. The van der Waals surface area contributed by atoms with Crippen LogP contribution in [0.5, 0.6) is 0 Å². The Hall–Kier alpha value is -2.64. The van der Waals surface area contributed by atoms with Crippen LogP contribution in [0.15, 0.2) is 24.3 Å². The number of para-hydroxylation sites is 1. The van der Waals surface area contributed by atoms with Crippen molar-refractivity contribution in [3.8, 4) is 0 Å². The zero-order valence-electron chi connectivity index (χ0n) is 13.6. The summed E-state index contributed by atoms with van der Waals surface area (Å²) in [6.45, 7) is 2.99. The van der Waals surface area contributed by atoms with Crippen molar-refractivity contribution in [2.75, 3.05) is 19.7 Å². The molecule has 2 rings (SSSR count). The molecule has 0 bridgehead atoms. The van der Waals surface area contributed by atoms with E-state index >= 15 is 0 Å². The van der Waals surface area contributed by atoms with Crippen molar-refractivity contribution in [2.45, 2.75) is 32.2 Å². The first kappa shape index (κ1) is 17.7. The molecule has 8 nitrogen and oxygen atoms in total. The molecule has 1 unspecified atom stereocenters. The summed E-state index contributed by atoms with van der Waals surface area (Å²) < 4.78 is 4.85. The van der Waals surface area contributed by atoms with E-state index in [-0.39, 0.29) is 24.1 Å². The Balaban J connectivity index is 1.97. The number of amides is 2. The van der Waals surface area contributed by atoms with Crippen LogP contribution in [-0.4, -0.2) is 47.6 Å². The first-order valence-electron chi connectivity index (χ1n) is 7.94. The van der Waals surface area contributed by atoms with Gasteiger partial charge in [0, 0.05) is 30.8 Å². The molecule has 0 aromatic heterocycles. The lowest BCUT2D eigenvalue weighted by Crippen LogP contribution is -2.50. The molecule has 130 valence electrons. The van der Waals surface area contributed by atoms with E-state index in [1.165, 1.54) is 6.07 Å². The van der Waals surface area contributed by atoms with Gasteiger partial charge in [0.25, 0.3) is 5.69 Å². The van der Waals surface area contributed by atoms with Crippen molar-refractivity contribution in [3.05, 3.63) is 39.9 Å². The summed E-state index contributed by atoms with van der Waals surface area (Å²) >= 11 is 0. The van der Waals surface area contributed by atoms with Crippen LogP contribution in [0, 0.1) is 10.1 Å². The smallest absolute Gasteiger partial charge is 0.407 e. The summed E-state index contributed by atoms with van der Waals surface area (Å²) in [6.07, 6.45) is 1.02. The Kier molecular flexibility index (Phi) is 6.11. The fourth-order valence-corrected chi connectivity index (χ4v) is 2.77. The molecule has 0 saturated carbocycles. The highest BCUT2D eigenvalue weighted by molar-refractivity contribution is 5.80. The van der Waals surface area contributed by atoms with Crippen molar-refractivity contribution in [1.29, 1.82) is 0 Å². The van der Waals surface area contributed by atoms with Gasteiger partial charge in [-0.05, 0) is 19.8 Å². The molecule has 0 aliphatic carbocycles. The Morgan fingerprint density at radius 2 is 2.17 bits per heavy atom. The molecule has 1 saturated heterocycles. The Bertz CT molecular complexity index is 619. The maximum Gasteiger partial charge on any atom is 0.407 e. The van der Waals surface area contributed by atoms with E-state index in [0.717, 1.165) is 12.8 Å². The number of carbonyl (C=O) groups excluding carboxylic acids is 2. The van der Waals surface area contributed by atoms with E-state index < -0.39 is 11.0 Å². The number of rotatable bonds is 5. The summed E-state index contributed by atoms with van der Waals surface area (Å²) in [5, 5.41) is 13.8. The van der Waals surface area contributed by atoms with Gasteiger partial charge in [-0.25, -0.2) is 4.79 Å². The zero-order valence-corrected chi connectivity index (χ0v) is 13.6. The van der Waals surface area contributed by atoms with E-state index in [1.54, 1.807) is 30.0 Å². The largest absolute Gasteiger partial charge is 0.450 e. The van der Waals surface area contributed by atoms with Gasteiger partial charge < -0.3 is 15.0 Å². The molecule has 0 radical (unpaired) electrons. The number of alkyl carbamates (subject to hydrolysis) is 1. The number of carbonyl (C=O) groups is 2. The number of piperidine rings is 1. The Morgan fingerprint density at radius 1 is 1.42 bits per heavy atom. The van der Waals surface area contributed by atoms with E-state index in [2.05, 4.69) is 5.32 Å². The highest BCUT2D eigenvalue weighted by atomic mass is 16.6. The van der Waals surface area contributed by atoms with Gasteiger partial charge in [-0.2, -0.15) is 0 Å². The average molecular weight is 335 g/mol. The van der Waals surface area contributed by atoms with Gasteiger partial charge in [0.1, 0.15) is 0 Å². The van der Waals surface area contributed by atoms with Crippen LogP contribution >= 0.6 is 0 Å². The third-order valence-electron chi connectivity index (χ3n) is 3.90. The van der Waals surface area contributed by atoms with Crippen LogP contribution in [0.2, 0.25) is 0 Å². The van der Waals surface area contributed by atoms with Gasteiger partial charge in [-0.15, -0.1) is 0 Å². The molecule has 1 heterocycles. The number of hydrogen-bond donors (Lipinski definition) is 1. The number of nitrogens with one attached hydrogen (secondary N) is 1. The van der Waals surface area contributed by atoms with Crippen molar-refractivity contribution < 1.29 is 19.2 Å². The molecular formula is C16H21N3O5. The molecule has 1 atom stereocenters. The maximum atomic E-state index is 12.5. The Labute approximate surface area is 139 Å². The van der Waals surface area contributed by atoms with Gasteiger partial charge in [0.2, 0.25) is 5.91 Å². The highest BCUT2D eigenvalue weighted by Gasteiger charge is 2.26. The van der Waals surface area contributed by atoms with E-state index in [1.807, 2.05) is 0 Å². The average Bonchev–Trinajstić information content (AvgIpc) is 2.55. The lowest BCUT2D eigenvalue weighted by Gasteiger charge is -2.33. The lowest BCUT2D eigenvalue weighted by atomic mass is 10.0. The quantitative estimate of drug-likeness (QED) is 0.654. The van der Waals surface area contributed by atoms with E-state index in [9.17, 15) is 19.7 Å². The van der Waals surface area contributed by atoms with Crippen LogP contribution in [0.25, 0.3) is 0 Å². The van der Waals surface area contributed by atoms with Crippen LogP contribution in [0.3, 0.4) is 0 Å². The normalized spacial score (nSPS) is 17.2. The number of hydrogen-bond acceptors (Lipinski definition) is 5. The molecule has 1 fully saturated rings. The topological polar surface area (TPSA) is 102 Å². The second-order valence-electron chi connectivity index (χ2n) is 5.61. The molecule has 0 spiro atoms. The molecule has 1 aliphatic rings. The highest BCUT2D eigenvalue weighted by Crippen LogP contribution is 2.20. The van der Waals surface area contributed by atoms with E-state index in [0.29, 0.717) is 25.3 Å². The van der Waals surface area contributed by atoms with Crippen LogP contribution in [-0.2, 0) is 16.0 Å². The van der Waals surface area contributed by atoms with Gasteiger partial charge in [0.05, 0.1) is 18.0 Å². The SMILES string of the molecule is CCOC(=O)NC1CCCN(C(=O)Cc2ccccc2[N+](=O)[O-])C1. The molecule has 1 aromatic carbocycles. The fraction of sp³-hybridized carbons (Fsp3) is 0.500. The second-order valence-corrected chi connectivity index (χ2v) is 5.61. The third-order valence-corrected chi connectivity index (χ3v) is 3.90. The molecule has 24 heavy (non-hydrogen) atoms. The van der Waals surface area contributed by atoms with Crippen molar-refractivity contribution in [1.82, 2.24) is 10.2 Å². The number of benzene rings is 1. The minimum atomic E-state index is -0.490. The van der Waals surface area contributed by atoms with Crippen LogP contribution in [0.4, 0.5) is 10.5 Å². The summed E-state index contributed by atoms with van der Waals surface area (Å²) in [5.74, 6) is -0.181. The first-order valence-corrected chi connectivity index (χ1v) is 7.94. The number of nitrogens with zero attached hydrogens (tertiary/aromatic N) is 2. The molecular weight excluding hydrogens is 314 g/mol. The number of nitro groups is 1. The number of ether oxygens (including phenoxy) is 1. The fourth-order valence-electron chi connectivity index (χ4n) is 2.77. The Morgan fingerprint density at radius 3 is 2.88 bits per heavy atom. The van der Waals surface area contributed by atoms with Crippen molar-refractivity contribution >= 4 is 17.7 Å². The summed E-state index contributed by atoms with van der Waals surface area (Å²) in [7, 11) is 0. The molecule has 8 heteroatoms. The third kappa shape index (κ3) is 4.68. The van der Waals surface area contributed by atoms with Gasteiger partial charge >= 0.3 is 6.09 Å². The van der Waals surface area contributed by atoms with Crippen molar-refractivity contribution in [2.24, 2.45) is 0 Å². The molecule has 2 amide bonds. The second kappa shape index (κ2) is 8.28.